The van der Waals surface area contributed by atoms with Crippen LogP contribution in [0.25, 0.3) is 0 Å². The molecule has 0 bridgehead atoms. The van der Waals surface area contributed by atoms with Crippen molar-refractivity contribution in [2.75, 3.05) is 13.2 Å². The van der Waals surface area contributed by atoms with E-state index in [0.717, 1.165) is 25.7 Å². The molecule has 0 aliphatic rings. The van der Waals surface area contributed by atoms with Crippen LogP contribution >= 0.6 is 55.8 Å². The van der Waals surface area contributed by atoms with Gasteiger partial charge in [0.05, 0.1) is 0 Å². The minimum Gasteiger partial charge on any atom is -0.396 e. The Balaban J connectivity index is -0.000000389. The Hall–Kier alpha value is 14.5. The van der Waals surface area contributed by atoms with Crippen molar-refractivity contribution in [3.8, 4) is 0 Å². The maximum atomic E-state index is 8.69. The number of aliphatic hydroxyl groups excluding tert-OH is 2. The molecule has 1 heterocycles. The fourth-order valence-corrected chi connectivity index (χ4v) is 155. The first-order valence-corrected chi connectivity index (χ1v) is 106. The van der Waals surface area contributed by atoms with Crippen molar-refractivity contribution in [2.24, 2.45) is 7.05 Å². The first kappa shape index (κ1) is 118. The zero-order valence-corrected chi connectivity index (χ0v) is 102. The normalized spacial score (nSPS) is 8.91. The van der Waals surface area contributed by atoms with Gasteiger partial charge in [-0.25, -0.2) is 0 Å². The average Bonchev–Trinajstić information content (AvgIpc) is 1.94. The Bertz CT molecular complexity index is 5060. The molecule has 570 valence electrons. The van der Waals surface area contributed by atoms with E-state index in [-0.39, 0.29) is 18.8 Å². The van der Waals surface area contributed by atoms with Crippen molar-refractivity contribution >= 4 is 616 Å². The van der Waals surface area contributed by atoms with Gasteiger partial charge in [0.1, 0.15) is 7.05 Å². The maximum Gasteiger partial charge on any atom is 0.250 e. The molecule has 1 aromatic heterocycles. The predicted octanol–water partition coefficient (Wildman–Crippen LogP) is 7.94. The number of pyridine rings is 1. The van der Waals surface area contributed by atoms with E-state index >= 15 is 0 Å². The summed E-state index contributed by atoms with van der Waals surface area (Å²) in [6, 6.07) is 6.26. The SMILES string of the molecule is C.CC(C)(S)CCCO.CC(C)SSC(C)(C)CCCO.CC(C)SSc1cccc[n+]1C.S=S=S=S=S=S=S=S=S=S=S=S=S=S=S=S=S=S=S=S=S=S=S=S=S=S=S=S=S=S.S=S=S=S=S=S=S=S=S=S=S=S=S=S=S=S=S=S=S=S=S=S=S=S=S=S=S=S=S=S=S=S. The summed E-state index contributed by atoms with van der Waals surface area (Å²) < 4.78 is 2.53. The monoisotopic (exact) mass is 2540 g/mol. The second kappa shape index (κ2) is 103. The van der Waals surface area contributed by atoms with Gasteiger partial charge in [-0.05, 0) is 45.6 Å². The Kier molecular flexibility index (Phi) is 128. The quantitative estimate of drug-likeness (QED) is 0.109. The topological polar surface area (TPSA) is 44.3 Å². The van der Waals surface area contributed by atoms with E-state index < -0.39 is 0 Å². The van der Waals surface area contributed by atoms with Gasteiger partial charge in [0, 0.05) is 616 Å². The van der Waals surface area contributed by atoms with E-state index in [9.17, 15) is 0 Å². The molecule has 0 spiro atoms. The molecule has 0 unspecified atom stereocenters. The molecule has 0 saturated carbocycles. The molecule has 2 N–H and O–H groups in total. The fourth-order valence-electron chi connectivity index (χ4n) is 2.64. The molecule has 3 nitrogen and oxygen atoms in total. The fraction of sp³-hybridized carbons (Fsp3) is 0.800. The van der Waals surface area contributed by atoms with Gasteiger partial charge in [-0.1, -0.05) is 81.4 Å². The Morgan fingerprint density at radius 1 is 0.358 bits per heavy atom. The molecule has 0 aliphatic carbocycles. The molecule has 0 amide bonds. The number of aryl methyl sites for hydroxylation is 1. The van der Waals surface area contributed by atoms with Crippen LogP contribution in [0.1, 0.15) is 88.5 Å². The number of thiol groups is 1. The van der Waals surface area contributed by atoms with Crippen LogP contribution in [-0.2, 0) is 567 Å². The third-order valence-corrected chi connectivity index (χ3v) is 137. The number of hydrogen-bond acceptors (Lipinski definition) is 11. The van der Waals surface area contributed by atoms with Gasteiger partial charge in [-0.2, -0.15) is 17.2 Å². The highest BCUT2D eigenvalue weighted by molar-refractivity contribution is 8.83. The molecule has 0 aliphatic heterocycles. The summed E-state index contributed by atoms with van der Waals surface area (Å²) in [7, 11) is 112. The Morgan fingerprint density at radius 2 is 0.568 bits per heavy atom. The molecule has 0 atom stereocenters. The van der Waals surface area contributed by atoms with Crippen molar-refractivity contribution in [1.82, 2.24) is 0 Å². The molecule has 95 heavy (non-hydrogen) atoms. The van der Waals surface area contributed by atoms with Crippen LogP contribution in [0.3, 0.4) is 0 Å². The van der Waals surface area contributed by atoms with Crippen LogP contribution in [0.5, 0.6) is 0 Å². The molecular weight excluding hydrogens is 2490 g/mol. The van der Waals surface area contributed by atoms with Crippen molar-refractivity contribution in [3.63, 3.8) is 0 Å². The van der Waals surface area contributed by atoms with Gasteiger partial charge < -0.3 is 10.2 Å². The second-order valence-electron chi connectivity index (χ2n) is 13.3. The molecular formula is C25H52NO2S67+. The summed E-state index contributed by atoms with van der Waals surface area (Å²) >= 11 is 23.4. The minimum absolute atomic E-state index is 0. The van der Waals surface area contributed by atoms with Crippen molar-refractivity contribution in [2.45, 2.75) is 114 Å². The summed E-state index contributed by atoms with van der Waals surface area (Å²) in [6.45, 7) is 18.0. The number of hydrogen-bond donors (Lipinski definition) is 3. The largest absolute Gasteiger partial charge is 0.396 e. The molecule has 1 aromatic rings. The van der Waals surface area contributed by atoms with Crippen LogP contribution in [0.2, 0.25) is 0 Å². The Labute approximate surface area is 768 Å². The van der Waals surface area contributed by atoms with E-state index in [1.54, 1.807) is 231 Å². The van der Waals surface area contributed by atoms with Gasteiger partial charge in [0.2, 0.25) is 5.03 Å². The maximum absolute atomic E-state index is 8.69. The summed E-state index contributed by atoms with van der Waals surface area (Å²) in [4.78, 5) is 0. The van der Waals surface area contributed by atoms with Crippen molar-refractivity contribution < 1.29 is 14.8 Å². The van der Waals surface area contributed by atoms with E-state index in [0.29, 0.717) is 21.9 Å². The van der Waals surface area contributed by atoms with Crippen LogP contribution in [0, 0.1) is 0 Å². The number of aliphatic hydroxyl groups is 2. The molecule has 0 fully saturated rings. The lowest BCUT2D eigenvalue weighted by atomic mass is 10.1. The summed E-state index contributed by atoms with van der Waals surface area (Å²) in [5.41, 5.74) is 0. The van der Waals surface area contributed by atoms with E-state index in [4.69, 9.17) is 55.0 Å². The first-order chi connectivity index (χ1) is 45.6. The second-order valence-corrected chi connectivity index (χ2v) is 123. The van der Waals surface area contributed by atoms with Gasteiger partial charge in [0.25, 0.3) is 0 Å². The lowest BCUT2D eigenvalue weighted by Gasteiger charge is -2.23. The third-order valence-electron chi connectivity index (χ3n) is 5.24. The van der Waals surface area contributed by atoms with Crippen LogP contribution in [-0.4, -0.2) is 43.4 Å². The lowest BCUT2D eigenvalue weighted by Crippen LogP contribution is -2.29. The standard InChI is InChI=1S/C9H14NS2.C9H20OS2.C6H14OS.CH4.S32.S30/c1-8(2)11-12-9-6-4-5-7-10(9)3;1-8(2)11-12-9(3,4)6-5-7-10;1-6(2,8)4-3-5-7;;1-3-5-7-9-11-13-15-17-19-21-23-25-27-29-31-32-30-28-26-24-22-20-18-16-14-12-10-8-6-4-2;1-3-5-7-9-11-13-15-17-19-21-23-25-27-29-30-28-26-24-22-20-18-16-14-12-10-8-6-4-2/h4-8H,1-3H3;8,10H,5-7H2,1-4H3;7-8H,3-5H2,1-2H3;1H4;;/q+1;;;;;. The van der Waals surface area contributed by atoms with Crippen LogP contribution in [0.4, 0.5) is 0 Å². The van der Waals surface area contributed by atoms with E-state index in [1.807, 2.05) is 312 Å². The number of aromatic nitrogens is 1. The molecule has 0 saturated heterocycles. The van der Waals surface area contributed by atoms with E-state index in [1.165, 1.54) is 40.5 Å². The smallest absolute Gasteiger partial charge is 0.250 e. The molecule has 0 aromatic carbocycles. The third kappa shape index (κ3) is 117. The summed E-state index contributed by atoms with van der Waals surface area (Å²) in [5.74, 6) is 0. The highest BCUT2D eigenvalue weighted by atomic mass is 33.5. The van der Waals surface area contributed by atoms with Gasteiger partial charge in [0.15, 0.2) is 6.20 Å². The van der Waals surface area contributed by atoms with Gasteiger partial charge in [-0.3, -0.25) is 0 Å². The Morgan fingerprint density at radius 3 is 0.737 bits per heavy atom. The average molecular weight is 2550 g/mol. The number of nitrogens with zero attached hydrogens (tertiary/aromatic N) is 1. The van der Waals surface area contributed by atoms with Crippen LogP contribution in [0.15, 0.2) is 29.4 Å². The summed E-state index contributed by atoms with van der Waals surface area (Å²) in [5, 5.41) is 19.7. The first-order valence-electron chi connectivity index (χ1n) is 21.3. The summed E-state index contributed by atoms with van der Waals surface area (Å²) in [6.07, 6.45) is 5.92. The minimum atomic E-state index is 0. The van der Waals surface area contributed by atoms with Crippen LogP contribution < -0.4 is 4.57 Å². The molecule has 0 radical (unpaired) electrons. The van der Waals surface area contributed by atoms with Crippen molar-refractivity contribution in [3.05, 3.63) is 24.4 Å². The van der Waals surface area contributed by atoms with Gasteiger partial charge in [-0.15, -0.1) is 0 Å². The molecule has 1 rings (SSSR count). The zero-order valence-electron chi connectivity index (χ0n) is 46.9. The highest BCUT2D eigenvalue weighted by Gasteiger charge is 2.18. The zero-order chi connectivity index (χ0) is 70.2. The number of rotatable bonds is 12. The predicted molar refractivity (Wildman–Crippen MR) is 620 cm³/mol. The van der Waals surface area contributed by atoms with Gasteiger partial charge >= 0.3 is 0 Å². The molecule has 70 heteroatoms. The lowest BCUT2D eigenvalue weighted by molar-refractivity contribution is -0.708. The van der Waals surface area contributed by atoms with E-state index in [2.05, 4.69) is 84.1 Å². The van der Waals surface area contributed by atoms with Crippen molar-refractivity contribution in [1.29, 1.82) is 0 Å². The highest BCUT2D eigenvalue weighted by Crippen LogP contribution is 2.40.